The van der Waals surface area contributed by atoms with Crippen LogP contribution in [-0.4, -0.2) is 58.2 Å². The number of H-pyrrole nitrogens is 1. The molecular formula is C27H26F3N5O3. The minimum absolute atomic E-state index is 0.0000582. The van der Waals surface area contributed by atoms with Crippen LogP contribution in [0.15, 0.2) is 42.5 Å². The number of aromatic nitrogens is 1. The molecular weight excluding hydrogens is 499 g/mol. The van der Waals surface area contributed by atoms with Crippen molar-refractivity contribution >= 4 is 34.3 Å². The van der Waals surface area contributed by atoms with E-state index in [4.69, 9.17) is 0 Å². The number of nitriles is 1. The molecule has 11 heteroatoms. The predicted octanol–water partition coefficient (Wildman–Crippen LogP) is 4.21. The fourth-order valence-electron chi connectivity index (χ4n) is 4.74. The fourth-order valence-corrected chi connectivity index (χ4v) is 4.74. The molecule has 4 rings (SSSR count). The molecule has 0 aliphatic carbocycles. The van der Waals surface area contributed by atoms with Crippen molar-refractivity contribution in [2.75, 3.05) is 18.9 Å². The highest BCUT2D eigenvalue weighted by Gasteiger charge is 2.42. The first-order chi connectivity index (χ1) is 18.2. The quantitative estimate of drug-likeness (QED) is 0.451. The molecule has 2 heterocycles. The summed E-state index contributed by atoms with van der Waals surface area (Å²) in [4.78, 5) is 44.5. The van der Waals surface area contributed by atoms with Crippen molar-refractivity contribution in [2.45, 2.75) is 38.3 Å². The molecule has 1 aliphatic rings. The van der Waals surface area contributed by atoms with E-state index >= 15 is 0 Å². The number of fused-ring (bicyclic) bond motifs is 1. The van der Waals surface area contributed by atoms with Crippen LogP contribution < -0.4 is 5.32 Å². The number of likely N-dealkylation sites (tertiary alicyclic amines) is 1. The molecule has 8 nitrogen and oxygen atoms in total. The van der Waals surface area contributed by atoms with Gasteiger partial charge < -0.3 is 20.1 Å². The van der Waals surface area contributed by atoms with Crippen molar-refractivity contribution in [3.63, 3.8) is 0 Å². The monoisotopic (exact) mass is 525 g/mol. The zero-order valence-electron chi connectivity index (χ0n) is 20.8. The lowest BCUT2D eigenvalue weighted by molar-refractivity contribution is -0.136. The molecule has 3 amide bonds. The van der Waals surface area contributed by atoms with E-state index in [9.17, 15) is 32.8 Å². The maximum Gasteiger partial charge on any atom is 0.270 e. The number of benzene rings is 2. The topological polar surface area (TPSA) is 109 Å². The first-order valence-corrected chi connectivity index (χ1v) is 12.2. The number of nitrogens with one attached hydrogen (secondary N) is 2. The number of aromatic amines is 1. The largest absolute Gasteiger partial charge is 0.348 e. The lowest BCUT2D eigenvalue weighted by Gasteiger charge is -2.31. The second-order valence-electron chi connectivity index (χ2n) is 9.27. The average molecular weight is 526 g/mol. The highest BCUT2D eigenvalue weighted by atomic mass is 19.2. The van der Waals surface area contributed by atoms with E-state index in [1.165, 1.54) is 11.9 Å². The van der Waals surface area contributed by atoms with E-state index in [0.717, 1.165) is 11.0 Å². The van der Waals surface area contributed by atoms with Gasteiger partial charge in [-0.3, -0.25) is 14.4 Å². The third kappa shape index (κ3) is 5.07. The van der Waals surface area contributed by atoms with Crippen molar-refractivity contribution in [3.05, 3.63) is 65.6 Å². The molecule has 198 valence electrons. The Bertz CT molecular complexity index is 1420. The summed E-state index contributed by atoms with van der Waals surface area (Å²) in [7, 11) is 1.37. The summed E-state index contributed by atoms with van der Waals surface area (Å²) in [6.45, 7) is 1.82. The van der Waals surface area contributed by atoms with Crippen molar-refractivity contribution in [3.8, 4) is 6.07 Å². The third-order valence-electron chi connectivity index (χ3n) is 6.77. The SMILES string of the molecule is CCCC(C(=O)N1CC(C(=O)Nc2ccccc2)CC1C#N)N(C)C(=O)c1cc2c(F)cc(F)c(F)c2[nH]1. The number of para-hydroxylation sites is 1. The van der Waals surface area contributed by atoms with Gasteiger partial charge in [-0.05, 0) is 31.0 Å². The zero-order chi connectivity index (χ0) is 27.6. The second-order valence-corrected chi connectivity index (χ2v) is 9.27. The molecule has 0 radical (unpaired) electrons. The summed E-state index contributed by atoms with van der Waals surface area (Å²) in [6.07, 6.45) is 0.899. The minimum atomic E-state index is -1.40. The first-order valence-electron chi connectivity index (χ1n) is 12.2. The van der Waals surface area contributed by atoms with Gasteiger partial charge in [-0.2, -0.15) is 5.26 Å². The summed E-state index contributed by atoms with van der Waals surface area (Å²) < 4.78 is 42.0. The number of rotatable bonds is 7. The summed E-state index contributed by atoms with van der Waals surface area (Å²) >= 11 is 0. The van der Waals surface area contributed by atoms with E-state index in [0.29, 0.717) is 18.2 Å². The Morgan fingerprint density at radius 3 is 2.55 bits per heavy atom. The van der Waals surface area contributed by atoms with Crippen LogP contribution in [-0.2, 0) is 9.59 Å². The Morgan fingerprint density at radius 2 is 1.89 bits per heavy atom. The highest BCUT2D eigenvalue weighted by molar-refractivity contribution is 6.00. The number of halogens is 3. The van der Waals surface area contributed by atoms with Gasteiger partial charge in [0.05, 0.1) is 17.5 Å². The Balaban J connectivity index is 1.54. The van der Waals surface area contributed by atoms with Gasteiger partial charge >= 0.3 is 0 Å². The summed E-state index contributed by atoms with van der Waals surface area (Å²) in [6, 6.07) is 10.5. The van der Waals surface area contributed by atoms with Crippen LogP contribution in [0.2, 0.25) is 0 Å². The Labute approximate surface area is 217 Å². The summed E-state index contributed by atoms with van der Waals surface area (Å²) in [5.74, 6) is -5.95. The number of carbonyl (C=O) groups is 3. The molecule has 3 unspecified atom stereocenters. The van der Waals surface area contributed by atoms with Crippen LogP contribution in [0.5, 0.6) is 0 Å². The number of hydrogen-bond acceptors (Lipinski definition) is 4. The molecule has 1 aliphatic heterocycles. The van der Waals surface area contributed by atoms with E-state index in [2.05, 4.69) is 16.4 Å². The number of carbonyl (C=O) groups excluding carboxylic acids is 3. The van der Waals surface area contributed by atoms with Gasteiger partial charge in [0.15, 0.2) is 11.6 Å². The Kier molecular flexibility index (Phi) is 7.71. The van der Waals surface area contributed by atoms with E-state index in [-0.39, 0.29) is 36.4 Å². The number of amides is 3. The zero-order valence-corrected chi connectivity index (χ0v) is 20.8. The van der Waals surface area contributed by atoms with Crippen molar-refractivity contribution in [1.82, 2.24) is 14.8 Å². The van der Waals surface area contributed by atoms with Crippen molar-refractivity contribution in [1.29, 1.82) is 5.26 Å². The van der Waals surface area contributed by atoms with E-state index in [1.807, 2.05) is 13.0 Å². The number of likely N-dealkylation sites (N-methyl/N-ethyl adjacent to an activating group) is 1. The van der Waals surface area contributed by atoms with Crippen LogP contribution in [0.25, 0.3) is 10.9 Å². The maximum atomic E-state index is 14.2. The molecule has 0 spiro atoms. The van der Waals surface area contributed by atoms with Crippen LogP contribution in [0, 0.1) is 34.7 Å². The smallest absolute Gasteiger partial charge is 0.270 e. The Morgan fingerprint density at radius 1 is 1.18 bits per heavy atom. The van der Waals surface area contributed by atoms with Crippen LogP contribution in [0.1, 0.15) is 36.7 Å². The highest BCUT2D eigenvalue weighted by Crippen LogP contribution is 2.28. The van der Waals surface area contributed by atoms with Crippen LogP contribution >= 0.6 is 0 Å². The summed E-state index contributed by atoms with van der Waals surface area (Å²) in [5, 5.41) is 12.2. The number of anilines is 1. The van der Waals surface area contributed by atoms with Crippen LogP contribution in [0.3, 0.4) is 0 Å². The molecule has 1 saturated heterocycles. The lowest BCUT2D eigenvalue weighted by atomic mass is 10.1. The van der Waals surface area contributed by atoms with Crippen molar-refractivity contribution in [2.24, 2.45) is 5.92 Å². The average Bonchev–Trinajstić information content (AvgIpc) is 3.56. The van der Waals surface area contributed by atoms with E-state index < -0.39 is 52.8 Å². The van der Waals surface area contributed by atoms with Gasteiger partial charge in [0.1, 0.15) is 23.6 Å². The summed E-state index contributed by atoms with van der Waals surface area (Å²) in [5.41, 5.74) is -0.122. The van der Waals surface area contributed by atoms with Crippen molar-refractivity contribution < 1.29 is 27.6 Å². The predicted molar refractivity (Wildman–Crippen MR) is 133 cm³/mol. The normalized spacial score (nSPS) is 17.7. The third-order valence-corrected chi connectivity index (χ3v) is 6.77. The van der Waals surface area contributed by atoms with E-state index in [1.54, 1.807) is 24.3 Å². The molecule has 1 fully saturated rings. The minimum Gasteiger partial charge on any atom is -0.348 e. The Hall–Kier alpha value is -4.33. The van der Waals surface area contributed by atoms with Gasteiger partial charge in [0, 0.05) is 30.7 Å². The number of nitrogens with zero attached hydrogens (tertiary/aromatic N) is 3. The maximum absolute atomic E-state index is 14.2. The molecule has 3 aromatic rings. The first kappa shape index (κ1) is 26.7. The molecule has 2 aromatic carbocycles. The van der Waals surface area contributed by atoms with Gasteiger partial charge in [-0.25, -0.2) is 13.2 Å². The van der Waals surface area contributed by atoms with Crippen LogP contribution in [0.4, 0.5) is 18.9 Å². The van der Waals surface area contributed by atoms with Gasteiger partial charge in [0.2, 0.25) is 11.8 Å². The second kappa shape index (κ2) is 11.0. The molecule has 3 atom stereocenters. The molecule has 1 aromatic heterocycles. The molecule has 0 saturated carbocycles. The van der Waals surface area contributed by atoms with Gasteiger partial charge in [0.25, 0.3) is 5.91 Å². The molecule has 0 bridgehead atoms. The van der Waals surface area contributed by atoms with Gasteiger partial charge in [-0.15, -0.1) is 0 Å². The fraction of sp³-hybridized carbons (Fsp3) is 0.333. The molecule has 2 N–H and O–H groups in total. The lowest BCUT2D eigenvalue weighted by Crippen LogP contribution is -2.50. The standard InChI is InChI=1S/C27H26F3N5O3/c1-3-7-22(34(2)26(37)21-11-18-19(28)12-20(29)23(30)24(18)33-21)27(38)35-14-15(10-17(35)13-31)25(36)32-16-8-5-4-6-9-16/h4-6,8-9,11-12,15,17,22,33H,3,7,10,14H2,1-2H3,(H,32,36). The number of hydrogen-bond donors (Lipinski definition) is 2. The molecule has 38 heavy (non-hydrogen) atoms. The van der Waals surface area contributed by atoms with Gasteiger partial charge in [-0.1, -0.05) is 31.5 Å².